The number of nitrogens with one attached hydrogen (secondary N) is 1. The van der Waals surface area contributed by atoms with Crippen LogP contribution in [0.15, 0.2) is 18.2 Å². The molecule has 0 saturated heterocycles. The van der Waals surface area contributed by atoms with Gasteiger partial charge in [0.05, 0.1) is 18.2 Å². The standard InChI is InChI=1S/C10H11FN2O/c11-10-2-1-8(6-12)9(5-10)7-13-3-4-14/h1-2,5,13-14H,3-4,7H2. The highest BCUT2D eigenvalue weighted by Gasteiger charge is 2.02. The topological polar surface area (TPSA) is 56.0 Å². The first-order chi connectivity index (χ1) is 6.77. The van der Waals surface area contributed by atoms with Crippen LogP contribution in [0.1, 0.15) is 11.1 Å². The minimum Gasteiger partial charge on any atom is -0.395 e. The third kappa shape index (κ3) is 2.80. The highest BCUT2D eigenvalue weighted by Crippen LogP contribution is 2.09. The Morgan fingerprint density at radius 3 is 2.93 bits per heavy atom. The van der Waals surface area contributed by atoms with E-state index in [9.17, 15) is 4.39 Å². The Morgan fingerprint density at radius 2 is 2.29 bits per heavy atom. The normalized spacial score (nSPS) is 9.79. The van der Waals surface area contributed by atoms with Gasteiger partial charge in [-0.2, -0.15) is 5.26 Å². The van der Waals surface area contributed by atoms with E-state index in [-0.39, 0.29) is 12.4 Å². The molecule has 0 amide bonds. The van der Waals surface area contributed by atoms with Gasteiger partial charge in [-0.25, -0.2) is 4.39 Å². The number of hydrogen-bond donors (Lipinski definition) is 2. The third-order valence-corrected chi connectivity index (χ3v) is 1.79. The summed E-state index contributed by atoms with van der Waals surface area (Å²) in [7, 11) is 0. The molecular formula is C10H11FN2O. The summed E-state index contributed by atoms with van der Waals surface area (Å²) in [6.45, 7) is 0.847. The van der Waals surface area contributed by atoms with Crippen molar-refractivity contribution in [2.24, 2.45) is 0 Å². The second-order valence-corrected chi connectivity index (χ2v) is 2.81. The van der Waals surface area contributed by atoms with Crippen LogP contribution >= 0.6 is 0 Å². The zero-order valence-electron chi connectivity index (χ0n) is 7.63. The molecule has 1 aromatic rings. The molecule has 0 unspecified atom stereocenters. The summed E-state index contributed by atoms with van der Waals surface area (Å²) in [5.74, 6) is -0.357. The molecule has 1 rings (SSSR count). The molecule has 3 nitrogen and oxygen atoms in total. The van der Waals surface area contributed by atoms with Crippen molar-refractivity contribution in [3.63, 3.8) is 0 Å². The van der Waals surface area contributed by atoms with Crippen molar-refractivity contribution in [3.8, 4) is 6.07 Å². The lowest BCUT2D eigenvalue weighted by atomic mass is 10.1. The quantitative estimate of drug-likeness (QED) is 0.696. The Hall–Kier alpha value is -1.44. The van der Waals surface area contributed by atoms with E-state index in [0.717, 1.165) is 0 Å². The molecule has 4 heteroatoms. The molecule has 1 aromatic carbocycles. The van der Waals surface area contributed by atoms with E-state index in [1.165, 1.54) is 18.2 Å². The lowest BCUT2D eigenvalue weighted by Gasteiger charge is -2.04. The van der Waals surface area contributed by atoms with Crippen LogP contribution < -0.4 is 5.32 Å². The van der Waals surface area contributed by atoms with Gasteiger partial charge in [-0.15, -0.1) is 0 Å². The summed E-state index contributed by atoms with van der Waals surface area (Å²) in [5, 5.41) is 20.1. The van der Waals surface area contributed by atoms with Crippen molar-refractivity contribution in [3.05, 3.63) is 35.1 Å². The smallest absolute Gasteiger partial charge is 0.123 e. The number of nitriles is 1. The van der Waals surface area contributed by atoms with Crippen molar-refractivity contribution in [2.45, 2.75) is 6.54 Å². The summed E-state index contributed by atoms with van der Waals surface area (Å²) < 4.78 is 12.8. The molecule has 0 saturated carbocycles. The SMILES string of the molecule is N#Cc1ccc(F)cc1CNCCO. The molecule has 14 heavy (non-hydrogen) atoms. The van der Waals surface area contributed by atoms with E-state index < -0.39 is 0 Å². The fourth-order valence-electron chi connectivity index (χ4n) is 1.12. The first-order valence-corrected chi connectivity index (χ1v) is 4.28. The monoisotopic (exact) mass is 194 g/mol. The minimum atomic E-state index is -0.357. The van der Waals surface area contributed by atoms with E-state index in [4.69, 9.17) is 10.4 Å². The van der Waals surface area contributed by atoms with Crippen molar-refractivity contribution >= 4 is 0 Å². The van der Waals surface area contributed by atoms with Crippen LogP contribution in [-0.2, 0) is 6.54 Å². The molecule has 0 radical (unpaired) electrons. The second-order valence-electron chi connectivity index (χ2n) is 2.81. The maximum absolute atomic E-state index is 12.8. The molecule has 0 aliphatic carbocycles. The van der Waals surface area contributed by atoms with Crippen LogP contribution in [0.5, 0.6) is 0 Å². The molecule has 0 aliphatic rings. The van der Waals surface area contributed by atoms with Gasteiger partial charge in [0.1, 0.15) is 5.82 Å². The van der Waals surface area contributed by atoms with Gasteiger partial charge in [0, 0.05) is 13.1 Å². The number of nitrogens with zero attached hydrogens (tertiary/aromatic N) is 1. The summed E-state index contributed by atoms with van der Waals surface area (Å²) in [5.41, 5.74) is 1.07. The Balaban J connectivity index is 2.73. The van der Waals surface area contributed by atoms with Crippen molar-refractivity contribution in [1.82, 2.24) is 5.32 Å². The molecule has 0 bridgehead atoms. The number of benzene rings is 1. The van der Waals surface area contributed by atoms with E-state index in [2.05, 4.69) is 5.32 Å². The average Bonchev–Trinajstić information content (AvgIpc) is 2.19. The van der Waals surface area contributed by atoms with Crippen molar-refractivity contribution < 1.29 is 9.50 Å². The van der Waals surface area contributed by atoms with Gasteiger partial charge in [-0.3, -0.25) is 0 Å². The van der Waals surface area contributed by atoms with Crippen LogP contribution in [-0.4, -0.2) is 18.3 Å². The van der Waals surface area contributed by atoms with Crippen LogP contribution in [0.4, 0.5) is 4.39 Å². The van der Waals surface area contributed by atoms with Gasteiger partial charge >= 0.3 is 0 Å². The van der Waals surface area contributed by atoms with Crippen LogP contribution in [0.3, 0.4) is 0 Å². The van der Waals surface area contributed by atoms with E-state index in [0.29, 0.717) is 24.2 Å². The largest absolute Gasteiger partial charge is 0.395 e. The Kier molecular flexibility index (Phi) is 4.05. The second kappa shape index (κ2) is 5.32. The first kappa shape index (κ1) is 10.6. The number of aliphatic hydroxyl groups excluding tert-OH is 1. The van der Waals surface area contributed by atoms with E-state index in [1.807, 2.05) is 6.07 Å². The predicted octanol–water partition coefficient (Wildman–Crippen LogP) is 0.779. The zero-order chi connectivity index (χ0) is 10.4. The molecule has 0 fully saturated rings. The van der Waals surface area contributed by atoms with Crippen LogP contribution in [0.2, 0.25) is 0 Å². The molecule has 0 aliphatic heterocycles. The molecule has 2 N–H and O–H groups in total. The maximum Gasteiger partial charge on any atom is 0.123 e. The van der Waals surface area contributed by atoms with E-state index in [1.54, 1.807) is 0 Å². The number of halogens is 1. The minimum absolute atomic E-state index is 0.0250. The molecule has 0 atom stereocenters. The van der Waals surface area contributed by atoms with Gasteiger partial charge in [0.15, 0.2) is 0 Å². The first-order valence-electron chi connectivity index (χ1n) is 4.28. The summed E-state index contributed by atoms with van der Waals surface area (Å²) in [6, 6.07) is 6.01. The Morgan fingerprint density at radius 1 is 1.50 bits per heavy atom. The van der Waals surface area contributed by atoms with Crippen molar-refractivity contribution in [2.75, 3.05) is 13.2 Å². The summed E-state index contributed by atoms with van der Waals surface area (Å²) in [4.78, 5) is 0. The molecular weight excluding hydrogens is 183 g/mol. The Bertz CT molecular complexity index is 346. The van der Waals surface area contributed by atoms with Crippen LogP contribution in [0.25, 0.3) is 0 Å². The highest BCUT2D eigenvalue weighted by atomic mass is 19.1. The summed E-state index contributed by atoms with van der Waals surface area (Å²) in [6.07, 6.45) is 0. The van der Waals surface area contributed by atoms with Gasteiger partial charge in [0.25, 0.3) is 0 Å². The Labute approximate surface area is 81.8 Å². The highest BCUT2D eigenvalue weighted by molar-refractivity contribution is 5.37. The summed E-state index contributed by atoms with van der Waals surface area (Å²) >= 11 is 0. The molecule has 0 heterocycles. The number of rotatable bonds is 4. The zero-order valence-corrected chi connectivity index (χ0v) is 7.63. The fraction of sp³-hybridized carbons (Fsp3) is 0.300. The van der Waals surface area contributed by atoms with Gasteiger partial charge < -0.3 is 10.4 Å². The number of hydrogen-bond acceptors (Lipinski definition) is 3. The molecule has 74 valence electrons. The predicted molar refractivity (Wildman–Crippen MR) is 49.9 cm³/mol. The van der Waals surface area contributed by atoms with Crippen LogP contribution in [0, 0.1) is 17.1 Å². The van der Waals surface area contributed by atoms with Crippen molar-refractivity contribution in [1.29, 1.82) is 5.26 Å². The van der Waals surface area contributed by atoms with Gasteiger partial charge in [0.2, 0.25) is 0 Å². The average molecular weight is 194 g/mol. The third-order valence-electron chi connectivity index (χ3n) is 1.79. The maximum atomic E-state index is 12.8. The fourth-order valence-corrected chi connectivity index (χ4v) is 1.12. The van der Waals surface area contributed by atoms with E-state index >= 15 is 0 Å². The van der Waals surface area contributed by atoms with Gasteiger partial charge in [-0.1, -0.05) is 0 Å². The molecule has 0 aromatic heterocycles. The molecule has 0 spiro atoms. The van der Waals surface area contributed by atoms with Gasteiger partial charge in [-0.05, 0) is 23.8 Å². The lowest BCUT2D eigenvalue weighted by Crippen LogP contribution is -2.18. The number of aliphatic hydroxyl groups is 1. The lowest BCUT2D eigenvalue weighted by molar-refractivity contribution is 0.292.